The highest BCUT2D eigenvalue weighted by molar-refractivity contribution is 7.92. The third-order valence-corrected chi connectivity index (χ3v) is 6.68. The van der Waals surface area contributed by atoms with Crippen molar-refractivity contribution in [2.24, 2.45) is 4.99 Å². The molecule has 1 rings (SSSR count). The van der Waals surface area contributed by atoms with Gasteiger partial charge in [-0.05, 0) is 45.9 Å². The van der Waals surface area contributed by atoms with Crippen LogP contribution in [0.1, 0.15) is 39.3 Å². The Kier molecular flexibility index (Phi) is 7.74. The second-order valence-corrected chi connectivity index (χ2v) is 9.77. The van der Waals surface area contributed by atoms with Gasteiger partial charge in [0.2, 0.25) is 0 Å². The normalized spacial score (nSPS) is 13.9. The number of nitrogens with zero attached hydrogens (tertiary/aromatic N) is 1. The fourth-order valence-electron chi connectivity index (χ4n) is 2.27. The first-order chi connectivity index (χ1) is 12.1. The number of sulfone groups is 1. The summed E-state index contributed by atoms with van der Waals surface area (Å²) in [5, 5.41) is 6.29. The standard InChI is InChI=1S/C18H31N3O4S/c1-13(15-12-14(24-6)8-9-16(15)25-7)21-17(19-5)20-10-11-26(22,23)18(2,3)4/h8-9,12-13H,10-11H2,1-7H3,(H2,19,20,21). The van der Waals surface area contributed by atoms with Gasteiger partial charge >= 0.3 is 0 Å². The minimum absolute atomic E-state index is 0.0358. The number of hydrogen-bond donors (Lipinski definition) is 2. The molecule has 0 aromatic heterocycles. The van der Waals surface area contributed by atoms with Crippen LogP contribution in [0.25, 0.3) is 0 Å². The third-order valence-electron chi connectivity index (χ3n) is 4.08. The van der Waals surface area contributed by atoms with Crippen molar-refractivity contribution >= 4 is 15.8 Å². The monoisotopic (exact) mass is 385 g/mol. The summed E-state index contributed by atoms with van der Waals surface area (Å²) in [5.41, 5.74) is 0.914. The highest BCUT2D eigenvalue weighted by Gasteiger charge is 2.28. The molecule has 2 N–H and O–H groups in total. The summed E-state index contributed by atoms with van der Waals surface area (Å²) < 4.78 is 34.3. The van der Waals surface area contributed by atoms with Gasteiger partial charge in [-0.15, -0.1) is 0 Å². The molecule has 0 bridgehead atoms. The van der Waals surface area contributed by atoms with Crippen LogP contribution in [0.4, 0.5) is 0 Å². The molecule has 1 unspecified atom stereocenters. The van der Waals surface area contributed by atoms with E-state index in [4.69, 9.17) is 9.47 Å². The van der Waals surface area contributed by atoms with E-state index in [1.807, 2.05) is 25.1 Å². The lowest BCUT2D eigenvalue weighted by Crippen LogP contribution is -2.42. The summed E-state index contributed by atoms with van der Waals surface area (Å²) in [5.74, 6) is 2.02. The fraction of sp³-hybridized carbons (Fsp3) is 0.611. The zero-order valence-corrected chi connectivity index (χ0v) is 17.5. The van der Waals surface area contributed by atoms with Crippen LogP contribution < -0.4 is 20.1 Å². The number of methoxy groups -OCH3 is 2. The van der Waals surface area contributed by atoms with Crippen molar-refractivity contribution in [3.8, 4) is 11.5 Å². The average Bonchev–Trinajstić information content (AvgIpc) is 2.58. The molecule has 8 heteroatoms. The Labute approximate surface area is 157 Å². The first kappa shape index (κ1) is 22.1. The maximum absolute atomic E-state index is 12.2. The summed E-state index contributed by atoms with van der Waals surface area (Å²) in [7, 11) is 1.68. The zero-order valence-electron chi connectivity index (χ0n) is 16.7. The number of ether oxygens (including phenoxy) is 2. The Hall–Kier alpha value is -1.96. The summed E-state index contributed by atoms with van der Waals surface area (Å²) in [6.45, 7) is 7.35. The molecular weight excluding hydrogens is 354 g/mol. The molecule has 0 fully saturated rings. The fourth-order valence-corrected chi connectivity index (χ4v) is 3.25. The van der Waals surface area contributed by atoms with Gasteiger partial charge in [-0.3, -0.25) is 4.99 Å². The van der Waals surface area contributed by atoms with Crippen LogP contribution in [-0.4, -0.2) is 52.7 Å². The van der Waals surface area contributed by atoms with Gasteiger partial charge in [-0.1, -0.05) is 0 Å². The minimum Gasteiger partial charge on any atom is -0.497 e. The highest BCUT2D eigenvalue weighted by atomic mass is 32.2. The first-order valence-corrected chi connectivity index (χ1v) is 10.1. The van der Waals surface area contributed by atoms with Crippen molar-refractivity contribution in [3.05, 3.63) is 23.8 Å². The Morgan fingerprint density at radius 2 is 1.88 bits per heavy atom. The molecule has 0 heterocycles. The number of hydrogen-bond acceptors (Lipinski definition) is 5. The lowest BCUT2D eigenvalue weighted by Gasteiger charge is -2.22. The smallest absolute Gasteiger partial charge is 0.191 e. The van der Waals surface area contributed by atoms with E-state index in [0.717, 1.165) is 17.1 Å². The van der Waals surface area contributed by atoms with Crippen molar-refractivity contribution in [3.63, 3.8) is 0 Å². The van der Waals surface area contributed by atoms with Crippen LogP contribution in [-0.2, 0) is 9.84 Å². The SMILES string of the molecule is CN=C(NCCS(=O)(=O)C(C)(C)C)NC(C)c1cc(OC)ccc1OC. The molecular formula is C18H31N3O4S. The molecule has 0 aliphatic heterocycles. The number of benzene rings is 1. The minimum atomic E-state index is -3.18. The summed E-state index contributed by atoms with van der Waals surface area (Å²) in [6, 6.07) is 5.46. The van der Waals surface area contributed by atoms with Gasteiger partial charge in [-0.2, -0.15) is 0 Å². The largest absolute Gasteiger partial charge is 0.497 e. The Morgan fingerprint density at radius 1 is 1.23 bits per heavy atom. The van der Waals surface area contributed by atoms with E-state index in [1.165, 1.54) is 0 Å². The maximum atomic E-state index is 12.2. The summed E-state index contributed by atoms with van der Waals surface area (Å²) in [4.78, 5) is 4.16. The number of aliphatic imine (C=N–C) groups is 1. The highest BCUT2D eigenvalue weighted by Crippen LogP contribution is 2.29. The van der Waals surface area contributed by atoms with Gasteiger partial charge in [0.05, 0.1) is 30.8 Å². The molecule has 0 saturated carbocycles. The van der Waals surface area contributed by atoms with Crippen LogP contribution in [0.3, 0.4) is 0 Å². The molecule has 0 radical (unpaired) electrons. The van der Waals surface area contributed by atoms with E-state index in [1.54, 1.807) is 42.0 Å². The third kappa shape index (κ3) is 5.79. The van der Waals surface area contributed by atoms with Gasteiger partial charge in [0, 0.05) is 19.2 Å². The number of rotatable bonds is 7. The summed E-state index contributed by atoms with van der Waals surface area (Å²) >= 11 is 0. The molecule has 26 heavy (non-hydrogen) atoms. The predicted molar refractivity (Wildman–Crippen MR) is 106 cm³/mol. The van der Waals surface area contributed by atoms with Crippen LogP contribution in [0.5, 0.6) is 11.5 Å². The van der Waals surface area contributed by atoms with Crippen molar-refractivity contribution in [2.75, 3.05) is 33.6 Å². The Bertz CT molecular complexity index is 724. The van der Waals surface area contributed by atoms with E-state index in [9.17, 15) is 8.42 Å². The van der Waals surface area contributed by atoms with E-state index < -0.39 is 14.6 Å². The van der Waals surface area contributed by atoms with Crippen molar-refractivity contribution < 1.29 is 17.9 Å². The van der Waals surface area contributed by atoms with Crippen LogP contribution in [0.15, 0.2) is 23.2 Å². The van der Waals surface area contributed by atoms with Gasteiger partial charge in [0.15, 0.2) is 15.8 Å². The first-order valence-electron chi connectivity index (χ1n) is 8.47. The van der Waals surface area contributed by atoms with Crippen LogP contribution >= 0.6 is 0 Å². The van der Waals surface area contributed by atoms with Crippen molar-refractivity contribution in [2.45, 2.75) is 38.5 Å². The lowest BCUT2D eigenvalue weighted by molar-refractivity contribution is 0.394. The molecule has 1 atom stereocenters. The maximum Gasteiger partial charge on any atom is 0.191 e. The van der Waals surface area contributed by atoms with Gasteiger partial charge in [0.25, 0.3) is 0 Å². The van der Waals surface area contributed by atoms with Crippen molar-refractivity contribution in [1.29, 1.82) is 0 Å². The van der Waals surface area contributed by atoms with Gasteiger partial charge < -0.3 is 20.1 Å². The van der Waals surface area contributed by atoms with Gasteiger partial charge in [-0.25, -0.2) is 8.42 Å². The second-order valence-electron chi connectivity index (χ2n) is 6.90. The Balaban J connectivity index is 2.77. The Morgan fingerprint density at radius 3 is 2.38 bits per heavy atom. The van der Waals surface area contributed by atoms with E-state index in [2.05, 4.69) is 15.6 Å². The molecule has 1 aromatic rings. The molecule has 7 nitrogen and oxygen atoms in total. The number of guanidine groups is 1. The lowest BCUT2D eigenvalue weighted by atomic mass is 10.1. The molecule has 0 aliphatic rings. The quantitative estimate of drug-likeness (QED) is 0.552. The predicted octanol–water partition coefficient (Wildman–Crippen LogP) is 2.14. The number of nitrogens with one attached hydrogen (secondary N) is 2. The van der Waals surface area contributed by atoms with E-state index in [0.29, 0.717) is 5.96 Å². The summed E-state index contributed by atoms with van der Waals surface area (Å²) in [6.07, 6.45) is 0. The van der Waals surface area contributed by atoms with Gasteiger partial charge in [0.1, 0.15) is 11.5 Å². The molecule has 148 valence electrons. The topological polar surface area (TPSA) is 89.0 Å². The second kappa shape index (κ2) is 9.12. The molecule has 0 spiro atoms. The van der Waals surface area contributed by atoms with Crippen LogP contribution in [0.2, 0.25) is 0 Å². The van der Waals surface area contributed by atoms with E-state index >= 15 is 0 Å². The molecule has 0 amide bonds. The van der Waals surface area contributed by atoms with E-state index in [-0.39, 0.29) is 18.3 Å². The molecule has 0 saturated heterocycles. The average molecular weight is 386 g/mol. The molecule has 0 aliphatic carbocycles. The van der Waals surface area contributed by atoms with Crippen LogP contribution in [0, 0.1) is 0 Å². The zero-order chi connectivity index (χ0) is 20.0. The molecule has 1 aromatic carbocycles. The van der Waals surface area contributed by atoms with Crippen molar-refractivity contribution in [1.82, 2.24) is 10.6 Å².